The van der Waals surface area contributed by atoms with E-state index in [2.05, 4.69) is 52.3 Å². The van der Waals surface area contributed by atoms with Crippen LogP contribution in [0.5, 0.6) is 0 Å². The SMILES string of the molecule is Cc1cccc(C(C)Sc2nnc3[nH]c(=O)c(C)nn23)c1. The van der Waals surface area contributed by atoms with E-state index >= 15 is 0 Å². The Labute approximate surface area is 125 Å². The molecule has 0 saturated carbocycles. The highest BCUT2D eigenvalue weighted by Gasteiger charge is 2.14. The summed E-state index contributed by atoms with van der Waals surface area (Å²) in [6, 6.07) is 8.36. The Morgan fingerprint density at radius 1 is 1.29 bits per heavy atom. The van der Waals surface area contributed by atoms with Crippen LogP contribution in [0.3, 0.4) is 0 Å². The topological polar surface area (TPSA) is 75.9 Å². The number of aromatic nitrogens is 5. The number of rotatable bonds is 3. The maximum Gasteiger partial charge on any atom is 0.273 e. The first kappa shape index (κ1) is 13.8. The van der Waals surface area contributed by atoms with E-state index < -0.39 is 0 Å². The third-order valence-electron chi connectivity index (χ3n) is 3.21. The van der Waals surface area contributed by atoms with Crippen molar-refractivity contribution >= 4 is 17.5 Å². The monoisotopic (exact) mass is 301 g/mol. The van der Waals surface area contributed by atoms with Crippen LogP contribution in [-0.4, -0.2) is 24.8 Å². The fourth-order valence-corrected chi connectivity index (χ4v) is 2.96. The fourth-order valence-electron chi connectivity index (χ4n) is 2.04. The smallest absolute Gasteiger partial charge is 0.273 e. The molecular formula is C14H15N5OS. The van der Waals surface area contributed by atoms with E-state index in [0.717, 1.165) is 0 Å². The molecule has 6 nitrogen and oxygen atoms in total. The van der Waals surface area contributed by atoms with Gasteiger partial charge in [0.25, 0.3) is 11.3 Å². The van der Waals surface area contributed by atoms with Gasteiger partial charge < -0.3 is 0 Å². The van der Waals surface area contributed by atoms with Crippen molar-refractivity contribution in [2.24, 2.45) is 0 Å². The van der Waals surface area contributed by atoms with Gasteiger partial charge in [-0.25, -0.2) is 0 Å². The van der Waals surface area contributed by atoms with Gasteiger partial charge in [-0.2, -0.15) is 9.61 Å². The Hall–Kier alpha value is -2.15. The highest BCUT2D eigenvalue weighted by molar-refractivity contribution is 7.99. The number of thioether (sulfide) groups is 1. The Balaban J connectivity index is 1.95. The largest absolute Gasteiger partial charge is 0.288 e. The summed E-state index contributed by atoms with van der Waals surface area (Å²) in [5, 5.41) is 13.2. The summed E-state index contributed by atoms with van der Waals surface area (Å²) in [5.74, 6) is 0.365. The van der Waals surface area contributed by atoms with E-state index in [1.165, 1.54) is 11.1 Å². The van der Waals surface area contributed by atoms with Crippen LogP contribution in [0.15, 0.2) is 34.2 Å². The van der Waals surface area contributed by atoms with E-state index in [0.29, 0.717) is 16.6 Å². The number of aryl methyl sites for hydroxylation is 2. The molecule has 1 atom stereocenters. The molecule has 0 aliphatic heterocycles. The zero-order chi connectivity index (χ0) is 15.0. The number of nitrogens with zero attached hydrogens (tertiary/aromatic N) is 4. The van der Waals surface area contributed by atoms with Gasteiger partial charge in [0.2, 0.25) is 5.16 Å². The molecule has 1 aromatic carbocycles. The van der Waals surface area contributed by atoms with Crippen LogP contribution in [-0.2, 0) is 0 Å². The number of aromatic amines is 1. The average Bonchev–Trinajstić information content (AvgIpc) is 2.82. The molecule has 2 heterocycles. The second-order valence-corrected chi connectivity index (χ2v) is 6.24. The van der Waals surface area contributed by atoms with Crippen LogP contribution in [0.25, 0.3) is 5.78 Å². The molecule has 0 radical (unpaired) electrons. The number of hydrogen-bond donors (Lipinski definition) is 1. The number of nitrogens with one attached hydrogen (secondary N) is 1. The molecule has 1 unspecified atom stereocenters. The van der Waals surface area contributed by atoms with Crippen molar-refractivity contribution in [3.63, 3.8) is 0 Å². The molecule has 7 heteroatoms. The molecule has 0 bridgehead atoms. The quantitative estimate of drug-likeness (QED) is 0.751. The van der Waals surface area contributed by atoms with E-state index in [1.54, 1.807) is 23.2 Å². The third kappa shape index (κ3) is 2.69. The normalized spacial score (nSPS) is 12.7. The van der Waals surface area contributed by atoms with Crippen molar-refractivity contribution < 1.29 is 0 Å². The third-order valence-corrected chi connectivity index (χ3v) is 4.30. The number of H-pyrrole nitrogens is 1. The molecule has 0 fully saturated rings. The standard InChI is InChI=1S/C14H15N5OS/c1-8-5-4-6-11(7-8)10(3)21-14-17-16-13-15-12(20)9(2)18-19(13)14/h4-7,10H,1-3H3,(H,15,16,20). The molecule has 0 saturated heterocycles. The molecule has 21 heavy (non-hydrogen) atoms. The zero-order valence-electron chi connectivity index (χ0n) is 12.0. The minimum absolute atomic E-state index is 0.214. The Bertz CT molecular complexity index is 854. The van der Waals surface area contributed by atoms with Gasteiger partial charge in [0, 0.05) is 5.25 Å². The molecular weight excluding hydrogens is 286 g/mol. The highest BCUT2D eigenvalue weighted by Crippen LogP contribution is 2.33. The first-order chi connectivity index (χ1) is 10.0. The predicted molar refractivity (Wildman–Crippen MR) is 81.6 cm³/mol. The summed E-state index contributed by atoms with van der Waals surface area (Å²) in [6.45, 7) is 5.85. The summed E-state index contributed by atoms with van der Waals surface area (Å²) >= 11 is 1.56. The molecule has 0 aliphatic rings. The van der Waals surface area contributed by atoms with Gasteiger partial charge in [0.05, 0.1) is 0 Å². The first-order valence-electron chi connectivity index (χ1n) is 6.60. The first-order valence-corrected chi connectivity index (χ1v) is 7.48. The van der Waals surface area contributed by atoms with E-state index in [4.69, 9.17) is 0 Å². The molecule has 1 N–H and O–H groups in total. The maximum atomic E-state index is 11.5. The summed E-state index contributed by atoms with van der Waals surface area (Å²) in [6.07, 6.45) is 0. The summed E-state index contributed by atoms with van der Waals surface area (Å²) in [4.78, 5) is 14.2. The van der Waals surface area contributed by atoms with Gasteiger partial charge in [0.15, 0.2) is 0 Å². The highest BCUT2D eigenvalue weighted by atomic mass is 32.2. The van der Waals surface area contributed by atoms with Crippen molar-refractivity contribution in [1.82, 2.24) is 24.8 Å². The van der Waals surface area contributed by atoms with Crippen molar-refractivity contribution in [3.05, 3.63) is 51.4 Å². The molecule has 0 spiro atoms. The molecule has 108 valence electrons. The van der Waals surface area contributed by atoms with Crippen molar-refractivity contribution in [2.75, 3.05) is 0 Å². The molecule has 0 amide bonds. The van der Waals surface area contributed by atoms with Crippen LogP contribution in [0.1, 0.15) is 29.0 Å². The lowest BCUT2D eigenvalue weighted by Gasteiger charge is -2.10. The summed E-state index contributed by atoms with van der Waals surface area (Å²) in [5.41, 5.74) is 2.60. The lowest BCUT2D eigenvalue weighted by Crippen LogP contribution is -2.15. The van der Waals surface area contributed by atoms with Crippen LogP contribution in [0.2, 0.25) is 0 Å². The Morgan fingerprint density at radius 2 is 2.10 bits per heavy atom. The maximum absolute atomic E-state index is 11.5. The second-order valence-electron chi connectivity index (χ2n) is 4.93. The Kier molecular flexibility index (Phi) is 3.50. The van der Waals surface area contributed by atoms with E-state index in [-0.39, 0.29) is 10.8 Å². The lowest BCUT2D eigenvalue weighted by atomic mass is 10.1. The Morgan fingerprint density at radius 3 is 2.86 bits per heavy atom. The van der Waals surface area contributed by atoms with Crippen LogP contribution < -0.4 is 5.56 Å². The minimum atomic E-state index is -0.238. The fraction of sp³-hybridized carbons (Fsp3) is 0.286. The van der Waals surface area contributed by atoms with Gasteiger partial charge in [-0.05, 0) is 26.3 Å². The number of hydrogen-bond acceptors (Lipinski definition) is 5. The van der Waals surface area contributed by atoms with Gasteiger partial charge in [-0.15, -0.1) is 10.2 Å². The number of benzene rings is 1. The molecule has 3 rings (SSSR count). The van der Waals surface area contributed by atoms with Crippen molar-refractivity contribution in [3.8, 4) is 0 Å². The second kappa shape index (κ2) is 5.33. The van der Waals surface area contributed by atoms with E-state index in [9.17, 15) is 4.79 Å². The van der Waals surface area contributed by atoms with Crippen molar-refractivity contribution in [1.29, 1.82) is 0 Å². The molecule has 3 aromatic rings. The average molecular weight is 301 g/mol. The van der Waals surface area contributed by atoms with Crippen molar-refractivity contribution in [2.45, 2.75) is 31.2 Å². The van der Waals surface area contributed by atoms with Gasteiger partial charge >= 0.3 is 0 Å². The van der Waals surface area contributed by atoms with Gasteiger partial charge in [-0.3, -0.25) is 9.78 Å². The minimum Gasteiger partial charge on any atom is -0.288 e. The summed E-state index contributed by atoms with van der Waals surface area (Å²) in [7, 11) is 0. The molecule has 2 aromatic heterocycles. The van der Waals surface area contributed by atoms with Gasteiger partial charge in [-0.1, -0.05) is 41.6 Å². The lowest BCUT2D eigenvalue weighted by molar-refractivity contribution is 0.767. The van der Waals surface area contributed by atoms with Gasteiger partial charge in [0.1, 0.15) is 5.69 Å². The predicted octanol–water partition coefficient (Wildman–Crippen LogP) is 2.28. The van der Waals surface area contributed by atoms with Crippen LogP contribution >= 0.6 is 11.8 Å². The van der Waals surface area contributed by atoms with Crippen LogP contribution in [0.4, 0.5) is 0 Å². The zero-order valence-corrected chi connectivity index (χ0v) is 12.8. The van der Waals surface area contributed by atoms with E-state index in [1.807, 2.05) is 6.07 Å². The number of fused-ring (bicyclic) bond motifs is 1. The summed E-state index contributed by atoms with van der Waals surface area (Å²) < 4.78 is 1.58. The molecule has 0 aliphatic carbocycles. The van der Waals surface area contributed by atoms with Crippen LogP contribution in [0, 0.1) is 13.8 Å².